The molecule has 6 heteroatoms. The second-order valence-electron chi connectivity index (χ2n) is 4.97. The molecule has 0 aromatic carbocycles. The van der Waals surface area contributed by atoms with Crippen LogP contribution in [0.2, 0.25) is 0 Å². The zero-order chi connectivity index (χ0) is 13.8. The van der Waals surface area contributed by atoms with Gasteiger partial charge in [0.1, 0.15) is 0 Å². The Kier molecular flexibility index (Phi) is 4.31. The van der Waals surface area contributed by atoms with E-state index in [0.29, 0.717) is 24.8 Å². The van der Waals surface area contributed by atoms with Crippen molar-refractivity contribution >= 4 is 11.5 Å². The molecule has 1 saturated carbocycles. The summed E-state index contributed by atoms with van der Waals surface area (Å²) in [6.45, 7) is 2.49. The van der Waals surface area contributed by atoms with Crippen LogP contribution in [0.4, 0.5) is 11.5 Å². The second-order valence-corrected chi connectivity index (χ2v) is 4.97. The first-order valence-corrected chi connectivity index (χ1v) is 6.62. The fraction of sp³-hybridized carbons (Fsp3) is 0.615. The summed E-state index contributed by atoms with van der Waals surface area (Å²) in [4.78, 5) is 17.0. The molecule has 6 nitrogen and oxygen atoms in total. The molecular weight excluding hydrogens is 246 g/mol. The van der Waals surface area contributed by atoms with Crippen LogP contribution >= 0.6 is 0 Å². The molecule has 1 aromatic rings. The van der Waals surface area contributed by atoms with Crippen molar-refractivity contribution < 1.29 is 10.0 Å². The second kappa shape index (κ2) is 5.97. The lowest BCUT2D eigenvalue weighted by Crippen LogP contribution is -2.42. The maximum atomic E-state index is 11.2. The van der Waals surface area contributed by atoms with E-state index in [0.717, 1.165) is 24.8 Å². The third-order valence-electron chi connectivity index (χ3n) is 3.53. The van der Waals surface area contributed by atoms with Gasteiger partial charge in [-0.1, -0.05) is 0 Å². The molecule has 19 heavy (non-hydrogen) atoms. The Bertz CT molecular complexity index is 460. The van der Waals surface area contributed by atoms with Crippen LogP contribution in [-0.4, -0.2) is 34.2 Å². The zero-order valence-electron chi connectivity index (χ0n) is 11.1. The summed E-state index contributed by atoms with van der Waals surface area (Å²) in [5, 5.41) is 20.1. The van der Waals surface area contributed by atoms with E-state index in [1.54, 1.807) is 19.2 Å². The first kappa shape index (κ1) is 13.7. The van der Waals surface area contributed by atoms with Crippen molar-refractivity contribution in [3.05, 3.63) is 27.9 Å². The number of aromatic nitrogens is 1. The maximum Gasteiger partial charge on any atom is 0.311 e. The minimum Gasteiger partial charge on any atom is -0.396 e. The van der Waals surface area contributed by atoms with Crippen molar-refractivity contribution in [1.82, 2.24) is 4.98 Å². The molecule has 1 heterocycles. The van der Waals surface area contributed by atoms with Crippen LogP contribution < -0.4 is 4.90 Å². The van der Waals surface area contributed by atoms with Crippen LogP contribution in [0.3, 0.4) is 0 Å². The Labute approximate surface area is 112 Å². The maximum absolute atomic E-state index is 11.2. The van der Waals surface area contributed by atoms with E-state index in [2.05, 4.69) is 4.98 Å². The summed E-state index contributed by atoms with van der Waals surface area (Å²) in [7, 11) is 0. The van der Waals surface area contributed by atoms with Gasteiger partial charge in [-0.15, -0.1) is 0 Å². The number of nitrogens with zero attached hydrogens (tertiary/aromatic N) is 3. The molecule has 0 saturated heterocycles. The van der Waals surface area contributed by atoms with E-state index >= 15 is 0 Å². The first-order valence-electron chi connectivity index (χ1n) is 6.62. The first-order chi connectivity index (χ1) is 9.13. The molecule has 1 fully saturated rings. The van der Waals surface area contributed by atoms with E-state index in [4.69, 9.17) is 5.11 Å². The summed E-state index contributed by atoms with van der Waals surface area (Å²) in [5.74, 6) is 0.439. The van der Waals surface area contributed by atoms with Gasteiger partial charge in [0.15, 0.2) is 0 Å². The molecular formula is C13H19N3O3. The van der Waals surface area contributed by atoms with Crippen molar-refractivity contribution in [2.24, 2.45) is 0 Å². The Hall–Kier alpha value is -1.69. The SMILES string of the molecule is Cc1cnc(N(CCCO)C2CCC2)c([N+](=O)[O-])c1. The summed E-state index contributed by atoms with van der Waals surface area (Å²) in [6, 6.07) is 1.88. The lowest BCUT2D eigenvalue weighted by Gasteiger charge is -2.38. The topological polar surface area (TPSA) is 79.5 Å². The number of anilines is 1. The summed E-state index contributed by atoms with van der Waals surface area (Å²) in [5.41, 5.74) is 0.844. The van der Waals surface area contributed by atoms with Crippen molar-refractivity contribution in [1.29, 1.82) is 0 Å². The number of hydrogen-bond donors (Lipinski definition) is 1. The summed E-state index contributed by atoms with van der Waals surface area (Å²) < 4.78 is 0. The molecule has 2 rings (SSSR count). The van der Waals surface area contributed by atoms with E-state index in [1.165, 1.54) is 0 Å². The van der Waals surface area contributed by atoms with Crippen LogP contribution in [-0.2, 0) is 0 Å². The van der Waals surface area contributed by atoms with Gasteiger partial charge in [0.25, 0.3) is 0 Å². The van der Waals surface area contributed by atoms with Crippen LogP contribution in [0.25, 0.3) is 0 Å². The zero-order valence-corrected chi connectivity index (χ0v) is 11.1. The highest BCUT2D eigenvalue weighted by Crippen LogP contribution is 2.34. The van der Waals surface area contributed by atoms with E-state index in [9.17, 15) is 10.1 Å². The molecule has 1 aliphatic rings. The largest absolute Gasteiger partial charge is 0.396 e. The Morgan fingerprint density at radius 3 is 2.84 bits per heavy atom. The molecule has 0 unspecified atom stereocenters. The average molecular weight is 265 g/mol. The van der Waals surface area contributed by atoms with Gasteiger partial charge in [0.05, 0.1) is 4.92 Å². The molecule has 1 aliphatic carbocycles. The van der Waals surface area contributed by atoms with Gasteiger partial charge < -0.3 is 10.0 Å². The third kappa shape index (κ3) is 3.01. The standard InChI is InChI=1S/C13H19N3O3/c1-10-8-12(16(18)19)13(14-9-10)15(6-3-7-17)11-4-2-5-11/h8-9,11,17H,2-7H2,1H3. The highest BCUT2D eigenvalue weighted by molar-refractivity contribution is 5.59. The van der Waals surface area contributed by atoms with Crippen molar-refractivity contribution in [2.45, 2.75) is 38.6 Å². The number of rotatable bonds is 6. The number of aliphatic hydroxyl groups is 1. The molecule has 0 radical (unpaired) electrons. The number of nitro groups is 1. The van der Waals surface area contributed by atoms with E-state index < -0.39 is 0 Å². The lowest BCUT2D eigenvalue weighted by molar-refractivity contribution is -0.384. The number of aryl methyl sites for hydroxylation is 1. The molecule has 104 valence electrons. The minimum absolute atomic E-state index is 0.0600. The summed E-state index contributed by atoms with van der Waals surface area (Å²) >= 11 is 0. The third-order valence-corrected chi connectivity index (χ3v) is 3.53. The van der Waals surface area contributed by atoms with Crippen LogP contribution in [0, 0.1) is 17.0 Å². The van der Waals surface area contributed by atoms with Gasteiger partial charge in [-0.3, -0.25) is 10.1 Å². The highest BCUT2D eigenvalue weighted by atomic mass is 16.6. The van der Waals surface area contributed by atoms with Gasteiger partial charge in [-0.05, 0) is 38.2 Å². The average Bonchev–Trinajstić information content (AvgIpc) is 2.32. The molecule has 1 aromatic heterocycles. The highest BCUT2D eigenvalue weighted by Gasteiger charge is 2.30. The molecule has 0 amide bonds. The molecule has 0 spiro atoms. The molecule has 1 N–H and O–H groups in total. The molecule has 0 bridgehead atoms. The van der Waals surface area contributed by atoms with Gasteiger partial charge in [-0.2, -0.15) is 0 Å². The fourth-order valence-corrected chi connectivity index (χ4v) is 2.30. The van der Waals surface area contributed by atoms with Crippen molar-refractivity contribution in [2.75, 3.05) is 18.1 Å². The van der Waals surface area contributed by atoms with Crippen LogP contribution in [0.1, 0.15) is 31.2 Å². The number of pyridine rings is 1. The van der Waals surface area contributed by atoms with E-state index in [1.807, 2.05) is 4.90 Å². The smallest absolute Gasteiger partial charge is 0.311 e. The van der Waals surface area contributed by atoms with Gasteiger partial charge in [0, 0.05) is 31.5 Å². The van der Waals surface area contributed by atoms with Crippen LogP contribution in [0.15, 0.2) is 12.3 Å². The Morgan fingerprint density at radius 2 is 2.32 bits per heavy atom. The number of hydrogen-bond acceptors (Lipinski definition) is 5. The predicted octanol–water partition coefficient (Wildman–Crippen LogP) is 2.04. The van der Waals surface area contributed by atoms with Crippen molar-refractivity contribution in [3.63, 3.8) is 0 Å². The Balaban J connectivity index is 2.31. The van der Waals surface area contributed by atoms with E-state index in [-0.39, 0.29) is 17.2 Å². The molecule has 0 aliphatic heterocycles. The van der Waals surface area contributed by atoms with Gasteiger partial charge in [-0.25, -0.2) is 4.98 Å². The monoisotopic (exact) mass is 265 g/mol. The lowest BCUT2D eigenvalue weighted by atomic mass is 9.91. The van der Waals surface area contributed by atoms with Crippen molar-refractivity contribution in [3.8, 4) is 0 Å². The van der Waals surface area contributed by atoms with Gasteiger partial charge >= 0.3 is 5.69 Å². The normalized spacial score (nSPS) is 15.1. The van der Waals surface area contributed by atoms with Crippen LogP contribution in [0.5, 0.6) is 0 Å². The predicted molar refractivity (Wildman–Crippen MR) is 72.3 cm³/mol. The Morgan fingerprint density at radius 1 is 1.58 bits per heavy atom. The summed E-state index contributed by atoms with van der Waals surface area (Å²) in [6.07, 6.45) is 5.49. The van der Waals surface area contributed by atoms with Gasteiger partial charge in [0.2, 0.25) is 5.82 Å². The minimum atomic E-state index is -0.375. The number of aliphatic hydroxyl groups excluding tert-OH is 1. The quantitative estimate of drug-likeness (QED) is 0.629. The molecule has 0 atom stereocenters. The fourth-order valence-electron chi connectivity index (χ4n) is 2.30.